The fourth-order valence-corrected chi connectivity index (χ4v) is 4.18. The highest BCUT2D eigenvalue weighted by Crippen LogP contribution is 2.27. The molecule has 1 aliphatic rings. The van der Waals surface area contributed by atoms with Crippen LogP contribution in [0.1, 0.15) is 5.56 Å². The summed E-state index contributed by atoms with van der Waals surface area (Å²) >= 11 is 1.76. The van der Waals surface area contributed by atoms with Gasteiger partial charge in [0.05, 0.1) is 38.4 Å². The first kappa shape index (κ1) is 17.0. The van der Waals surface area contributed by atoms with Gasteiger partial charge in [0.1, 0.15) is 0 Å². The van der Waals surface area contributed by atoms with E-state index in [0.717, 1.165) is 30.5 Å². The Morgan fingerprint density at radius 3 is 2.38 bits per heavy atom. The normalized spacial score (nSPS) is 15.6. The SMILES string of the molecule is C(=C/c1ccccc1)/C[NH+]1CCN(c2nc(-c3ccccc3)cs2)CC1. The summed E-state index contributed by atoms with van der Waals surface area (Å²) in [5.41, 5.74) is 3.57. The highest BCUT2D eigenvalue weighted by Gasteiger charge is 2.21. The van der Waals surface area contributed by atoms with E-state index < -0.39 is 0 Å². The van der Waals surface area contributed by atoms with Crippen LogP contribution in [-0.4, -0.2) is 37.7 Å². The van der Waals surface area contributed by atoms with Crippen molar-refractivity contribution in [3.63, 3.8) is 0 Å². The number of quaternary nitrogens is 1. The summed E-state index contributed by atoms with van der Waals surface area (Å²) in [5, 5.41) is 3.33. The number of anilines is 1. The minimum atomic E-state index is 1.08. The van der Waals surface area contributed by atoms with E-state index in [2.05, 4.69) is 77.0 Å². The summed E-state index contributed by atoms with van der Waals surface area (Å²) in [6.45, 7) is 5.58. The monoisotopic (exact) mass is 362 g/mol. The molecule has 0 bridgehead atoms. The van der Waals surface area contributed by atoms with Gasteiger partial charge in [0.25, 0.3) is 0 Å². The average Bonchev–Trinajstić information content (AvgIpc) is 3.20. The maximum Gasteiger partial charge on any atom is 0.186 e. The van der Waals surface area contributed by atoms with Crippen LogP contribution < -0.4 is 9.80 Å². The Hall–Kier alpha value is -2.43. The fraction of sp³-hybridized carbons (Fsp3) is 0.227. The second-order valence-electron chi connectivity index (χ2n) is 6.64. The van der Waals surface area contributed by atoms with Gasteiger partial charge in [-0.1, -0.05) is 66.7 Å². The van der Waals surface area contributed by atoms with Crippen LogP contribution in [0.15, 0.2) is 72.1 Å². The molecule has 1 fully saturated rings. The van der Waals surface area contributed by atoms with Crippen LogP contribution in [0.2, 0.25) is 0 Å². The van der Waals surface area contributed by atoms with Gasteiger partial charge >= 0.3 is 0 Å². The Morgan fingerprint density at radius 2 is 1.65 bits per heavy atom. The van der Waals surface area contributed by atoms with Gasteiger partial charge in [-0.2, -0.15) is 0 Å². The van der Waals surface area contributed by atoms with Crippen LogP contribution in [0.4, 0.5) is 5.13 Å². The van der Waals surface area contributed by atoms with E-state index in [9.17, 15) is 0 Å². The topological polar surface area (TPSA) is 20.6 Å². The summed E-state index contributed by atoms with van der Waals surface area (Å²) < 4.78 is 0. The zero-order valence-electron chi connectivity index (χ0n) is 14.8. The lowest BCUT2D eigenvalue weighted by molar-refractivity contribution is -0.894. The molecule has 0 radical (unpaired) electrons. The number of piperazine rings is 1. The third-order valence-corrected chi connectivity index (χ3v) is 5.72. The number of nitrogens with one attached hydrogen (secondary N) is 1. The molecule has 0 saturated carbocycles. The molecule has 1 aliphatic heterocycles. The molecule has 2 aromatic carbocycles. The summed E-state index contributed by atoms with van der Waals surface area (Å²) in [6.07, 6.45) is 4.53. The van der Waals surface area contributed by atoms with E-state index in [1.165, 1.54) is 24.2 Å². The molecule has 2 heterocycles. The molecule has 0 unspecified atom stereocenters. The van der Waals surface area contributed by atoms with Gasteiger partial charge in [-0.05, 0) is 11.6 Å². The number of rotatable bonds is 5. The van der Waals surface area contributed by atoms with Gasteiger partial charge in [0.2, 0.25) is 0 Å². The molecule has 132 valence electrons. The molecule has 0 amide bonds. The maximum atomic E-state index is 4.85. The fourth-order valence-electron chi connectivity index (χ4n) is 3.30. The van der Waals surface area contributed by atoms with Crippen molar-refractivity contribution in [3.05, 3.63) is 77.7 Å². The lowest BCUT2D eigenvalue weighted by Gasteiger charge is -2.31. The predicted octanol–water partition coefficient (Wildman–Crippen LogP) is 3.23. The van der Waals surface area contributed by atoms with Crippen LogP contribution in [0, 0.1) is 0 Å². The van der Waals surface area contributed by atoms with Crippen molar-refractivity contribution < 1.29 is 4.90 Å². The second-order valence-corrected chi connectivity index (χ2v) is 7.47. The Kier molecular flexibility index (Phi) is 5.43. The van der Waals surface area contributed by atoms with Gasteiger partial charge in [-0.25, -0.2) is 4.98 Å². The smallest absolute Gasteiger partial charge is 0.186 e. The third kappa shape index (κ3) is 4.21. The molecule has 4 rings (SSSR count). The molecule has 4 heteroatoms. The summed E-state index contributed by atoms with van der Waals surface area (Å²) in [4.78, 5) is 8.93. The molecule has 1 saturated heterocycles. The van der Waals surface area contributed by atoms with Gasteiger partial charge in [-0.15, -0.1) is 11.3 Å². The van der Waals surface area contributed by atoms with Gasteiger partial charge < -0.3 is 9.80 Å². The van der Waals surface area contributed by atoms with Crippen molar-refractivity contribution in [3.8, 4) is 11.3 Å². The lowest BCUT2D eigenvalue weighted by atomic mass is 10.2. The van der Waals surface area contributed by atoms with E-state index in [0.29, 0.717) is 0 Å². The van der Waals surface area contributed by atoms with Crippen LogP contribution >= 0.6 is 11.3 Å². The summed E-state index contributed by atoms with van der Waals surface area (Å²) in [7, 11) is 0. The van der Waals surface area contributed by atoms with Gasteiger partial charge in [0, 0.05) is 10.9 Å². The van der Waals surface area contributed by atoms with E-state index in [1.807, 2.05) is 6.07 Å². The lowest BCUT2D eigenvalue weighted by Crippen LogP contribution is -3.14. The standard InChI is InChI=1S/C22H23N3S/c1-3-8-19(9-4-1)10-7-13-24-14-16-25(17-15-24)22-23-21(18-26-22)20-11-5-2-6-12-20/h1-12,18H,13-17H2/p+1/b10-7-. The molecular weight excluding hydrogens is 338 g/mol. The van der Waals surface area contributed by atoms with Crippen molar-refractivity contribution in [2.45, 2.75) is 0 Å². The highest BCUT2D eigenvalue weighted by molar-refractivity contribution is 7.14. The van der Waals surface area contributed by atoms with E-state index >= 15 is 0 Å². The molecule has 0 atom stereocenters. The number of nitrogens with zero attached hydrogens (tertiary/aromatic N) is 2. The molecule has 3 nitrogen and oxygen atoms in total. The molecule has 1 N–H and O–H groups in total. The Morgan fingerprint density at radius 1 is 0.962 bits per heavy atom. The van der Waals surface area contributed by atoms with Crippen molar-refractivity contribution >= 4 is 22.5 Å². The van der Waals surface area contributed by atoms with E-state index in [1.54, 1.807) is 16.2 Å². The molecule has 0 aliphatic carbocycles. The number of hydrogen-bond donors (Lipinski definition) is 1. The first-order valence-electron chi connectivity index (χ1n) is 9.19. The Labute approximate surface area is 159 Å². The van der Waals surface area contributed by atoms with Crippen LogP contribution in [0.25, 0.3) is 17.3 Å². The zero-order valence-corrected chi connectivity index (χ0v) is 15.7. The van der Waals surface area contributed by atoms with Crippen molar-refractivity contribution in [1.82, 2.24) is 4.98 Å². The van der Waals surface area contributed by atoms with Crippen LogP contribution in [0.5, 0.6) is 0 Å². The van der Waals surface area contributed by atoms with E-state index in [4.69, 9.17) is 4.98 Å². The Balaban J connectivity index is 1.30. The quantitative estimate of drug-likeness (QED) is 0.752. The third-order valence-electron chi connectivity index (χ3n) is 4.82. The second kappa shape index (κ2) is 8.30. The molecule has 1 aromatic heterocycles. The van der Waals surface area contributed by atoms with Crippen molar-refractivity contribution in [2.24, 2.45) is 0 Å². The first-order valence-corrected chi connectivity index (χ1v) is 10.1. The zero-order chi connectivity index (χ0) is 17.6. The minimum Gasteiger partial charge on any atom is -0.337 e. The number of aromatic nitrogens is 1. The van der Waals surface area contributed by atoms with Crippen molar-refractivity contribution in [1.29, 1.82) is 0 Å². The van der Waals surface area contributed by atoms with E-state index in [-0.39, 0.29) is 0 Å². The van der Waals surface area contributed by atoms with Gasteiger partial charge in [-0.3, -0.25) is 0 Å². The molecular formula is C22H24N3S+. The van der Waals surface area contributed by atoms with Gasteiger partial charge in [0.15, 0.2) is 5.13 Å². The summed E-state index contributed by atoms with van der Waals surface area (Å²) in [6, 6.07) is 21.0. The predicted molar refractivity (Wildman–Crippen MR) is 111 cm³/mol. The molecule has 0 spiro atoms. The molecule has 3 aromatic rings. The Bertz CT molecular complexity index is 834. The largest absolute Gasteiger partial charge is 0.337 e. The van der Waals surface area contributed by atoms with Crippen LogP contribution in [0.3, 0.4) is 0 Å². The number of benzene rings is 2. The summed E-state index contributed by atoms with van der Waals surface area (Å²) in [5.74, 6) is 0. The maximum absolute atomic E-state index is 4.85. The number of hydrogen-bond acceptors (Lipinski definition) is 3. The van der Waals surface area contributed by atoms with Crippen molar-refractivity contribution in [2.75, 3.05) is 37.6 Å². The minimum absolute atomic E-state index is 1.08. The number of thiazole rings is 1. The highest BCUT2D eigenvalue weighted by atomic mass is 32.1. The van der Waals surface area contributed by atoms with Crippen LogP contribution in [-0.2, 0) is 0 Å². The first-order chi connectivity index (χ1) is 12.9. The average molecular weight is 363 g/mol. The molecule has 26 heavy (non-hydrogen) atoms.